The van der Waals surface area contributed by atoms with Gasteiger partial charge in [0.15, 0.2) is 0 Å². The van der Waals surface area contributed by atoms with Crippen LogP contribution in [0, 0.1) is 5.41 Å². The summed E-state index contributed by atoms with van der Waals surface area (Å²) in [6.07, 6.45) is 1.59. The van der Waals surface area contributed by atoms with Gasteiger partial charge in [0.1, 0.15) is 6.23 Å². The minimum atomic E-state index is -0.244. The zero-order valence-corrected chi connectivity index (χ0v) is 7.97. The van der Waals surface area contributed by atoms with Crippen LogP contribution in [0.2, 0.25) is 0 Å². The van der Waals surface area contributed by atoms with E-state index in [0.717, 1.165) is 5.57 Å². The van der Waals surface area contributed by atoms with Crippen LogP contribution in [0.4, 0.5) is 0 Å². The zero-order valence-electron chi connectivity index (χ0n) is 7.97. The van der Waals surface area contributed by atoms with E-state index in [9.17, 15) is 4.79 Å². The van der Waals surface area contributed by atoms with Gasteiger partial charge in [-0.2, -0.15) is 0 Å². The van der Waals surface area contributed by atoms with E-state index in [1.54, 1.807) is 7.11 Å². The van der Waals surface area contributed by atoms with E-state index >= 15 is 0 Å². The Bertz CT molecular complexity index is 225. The van der Waals surface area contributed by atoms with Crippen molar-refractivity contribution in [2.24, 2.45) is 5.41 Å². The number of carbonyl (C=O) groups excluding carboxylic acids is 1. The maximum absolute atomic E-state index is 11.3. The summed E-state index contributed by atoms with van der Waals surface area (Å²) in [6.45, 7) is 6.03. The van der Waals surface area contributed by atoms with Crippen LogP contribution < -0.4 is 5.32 Å². The SMILES string of the molecule is COC1C=C(C(C)(C)C)C(=O)N1. The monoisotopic (exact) mass is 169 g/mol. The van der Waals surface area contributed by atoms with Crippen molar-refractivity contribution in [2.45, 2.75) is 27.0 Å². The summed E-state index contributed by atoms with van der Waals surface area (Å²) in [5, 5.41) is 2.71. The van der Waals surface area contributed by atoms with Crippen LogP contribution in [0.25, 0.3) is 0 Å². The van der Waals surface area contributed by atoms with Gasteiger partial charge in [0.25, 0.3) is 0 Å². The first-order valence-corrected chi connectivity index (χ1v) is 4.01. The Morgan fingerprint density at radius 1 is 1.50 bits per heavy atom. The Morgan fingerprint density at radius 3 is 2.33 bits per heavy atom. The number of nitrogens with one attached hydrogen (secondary N) is 1. The zero-order chi connectivity index (χ0) is 9.35. The summed E-state index contributed by atoms with van der Waals surface area (Å²) in [5.74, 6) is -0.0191. The van der Waals surface area contributed by atoms with Crippen LogP contribution >= 0.6 is 0 Å². The highest BCUT2D eigenvalue weighted by Gasteiger charge is 2.30. The summed E-state index contributed by atoms with van der Waals surface area (Å²) < 4.78 is 5.00. The second-order valence-electron chi connectivity index (χ2n) is 3.96. The van der Waals surface area contributed by atoms with Gasteiger partial charge >= 0.3 is 0 Å². The number of hydrogen-bond donors (Lipinski definition) is 1. The lowest BCUT2D eigenvalue weighted by atomic mass is 9.87. The van der Waals surface area contributed by atoms with Crippen molar-refractivity contribution in [3.63, 3.8) is 0 Å². The molecule has 0 radical (unpaired) electrons. The predicted octanol–water partition coefficient (Wildman–Crippen LogP) is 1.06. The maximum atomic E-state index is 11.3. The van der Waals surface area contributed by atoms with E-state index < -0.39 is 0 Å². The molecule has 0 fully saturated rings. The molecule has 0 bridgehead atoms. The second-order valence-corrected chi connectivity index (χ2v) is 3.96. The Kier molecular flexibility index (Phi) is 2.24. The summed E-state index contributed by atoms with van der Waals surface area (Å²) in [4.78, 5) is 11.3. The van der Waals surface area contributed by atoms with Gasteiger partial charge in [0.2, 0.25) is 5.91 Å². The molecule has 1 heterocycles. The normalized spacial score (nSPS) is 23.8. The van der Waals surface area contributed by atoms with Gasteiger partial charge in [-0.3, -0.25) is 4.79 Å². The molecule has 0 aromatic carbocycles. The highest BCUT2D eigenvalue weighted by molar-refractivity contribution is 5.97. The van der Waals surface area contributed by atoms with Crippen LogP contribution in [0.15, 0.2) is 11.6 Å². The molecule has 1 amide bonds. The van der Waals surface area contributed by atoms with Gasteiger partial charge in [-0.25, -0.2) is 0 Å². The Morgan fingerprint density at radius 2 is 2.08 bits per heavy atom. The number of carbonyl (C=O) groups is 1. The van der Waals surface area contributed by atoms with Crippen molar-refractivity contribution in [3.8, 4) is 0 Å². The van der Waals surface area contributed by atoms with Crippen LogP contribution in [0.3, 0.4) is 0 Å². The van der Waals surface area contributed by atoms with E-state index in [2.05, 4.69) is 5.32 Å². The Balaban J connectivity index is 2.84. The molecule has 0 aromatic heterocycles. The third kappa shape index (κ3) is 1.67. The van der Waals surface area contributed by atoms with E-state index in [-0.39, 0.29) is 17.6 Å². The number of hydrogen-bond acceptors (Lipinski definition) is 2. The molecule has 0 aromatic rings. The standard InChI is InChI=1S/C9H15NO2/c1-9(2,3)6-5-7(12-4)10-8(6)11/h5,7H,1-4H3,(H,10,11). The molecule has 1 N–H and O–H groups in total. The van der Waals surface area contributed by atoms with E-state index in [0.29, 0.717) is 0 Å². The van der Waals surface area contributed by atoms with Crippen LogP contribution in [-0.2, 0) is 9.53 Å². The average molecular weight is 169 g/mol. The summed E-state index contributed by atoms with van der Waals surface area (Å²) in [5.41, 5.74) is 0.700. The van der Waals surface area contributed by atoms with Crippen molar-refractivity contribution < 1.29 is 9.53 Å². The molecule has 0 spiro atoms. The van der Waals surface area contributed by atoms with E-state index in [1.807, 2.05) is 26.8 Å². The third-order valence-corrected chi connectivity index (χ3v) is 1.90. The molecule has 12 heavy (non-hydrogen) atoms. The first-order chi connectivity index (χ1) is 5.45. The molecule has 3 nitrogen and oxygen atoms in total. The van der Waals surface area contributed by atoms with Crippen molar-refractivity contribution in [2.75, 3.05) is 7.11 Å². The van der Waals surface area contributed by atoms with Gasteiger partial charge < -0.3 is 10.1 Å². The van der Waals surface area contributed by atoms with Gasteiger partial charge in [-0.1, -0.05) is 20.8 Å². The molecule has 0 saturated carbocycles. The minimum Gasteiger partial charge on any atom is -0.358 e. The van der Waals surface area contributed by atoms with Crippen molar-refractivity contribution >= 4 is 5.91 Å². The molecule has 3 heteroatoms. The average Bonchev–Trinajstić information content (AvgIpc) is 2.29. The fourth-order valence-corrected chi connectivity index (χ4v) is 1.19. The van der Waals surface area contributed by atoms with Gasteiger partial charge in [-0.05, 0) is 11.5 Å². The third-order valence-electron chi connectivity index (χ3n) is 1.90. The van der Waals surface area contributed by atoms with E-state index in [4.69, 9.17) is 4.74 Å². The summed E-state index contributed by atoms with van der Waals surface area (Å²) in [6, 6.07) is 0. The van der Waals surface area contributed by atoms with Crippen LogP contribution in [0.1, 0.15) is 20.8 Å². The van der Waals surface area contributed by atoms with Crippen molar-refractivity contribution in [3.05, 3.63) is 11.6 Å². The molecular formula is C9H15NO2. The van der Waals surface area contributed by atoms with Gasteiger partial charge in [0, 0.05) is 12.7 Å². The molecule has 0 aliphatic carbocycles. The van der Waals surface area contributed by atoms with Gasteiger partial charge in [-0.15, -0.1) is 0 Å². The lowest BCUT2D eigenvalue weighted by Crippen LogP contribution is -2.30. The van der Waals surface area contributed by atoms with Crippen molar-refractivity contribution in [1.82, 2.24) is 5.32 Å². The Hall–Kier alpha value is -0.830. The van der Waals surface area contributed by atoms with E-state index in [1.165, 1.54) is 0 Å². The first-order valence-electron chi connectivity index (χ1n) is 4.01. The molecular weight excluding hydrogens is 154 g/mol. The summed E-state index contributed by atoms with van der Waals surface area (Å²) in [7, 11) is 1.58. The Labute approximate surface area is 72.8 Å². The molecule has 1 aliphatic heterocycles. The largest absolute Gasteiger partial charge is 0.358 e. The summed E-state index contributed by atoms with van der Waals surface area (Å²) >= 11 is 0. The fraction of sp³-hybridized carbons (Fsp3) is 0.667. The lowest BCUT2D eigenvalue weighted by molar-refractivity contribution is -0.119. The van der Waals surface area contributed by atoms with Gasteiger partial charge in [0.05, 0.1) is 0 Å². The number of ether oxygens (including phenoxy) is 1. The predicted molar refractivity (Wildman–Crippen MR) is 46.5 cm³/mol. The number of rotatable bonds is 1. The topological polar surface area (TPSA) is 38.3 Å². The fourth-order valence-electron chi connectivity index (χ4n) is 1.19. The first kappa shape index (κ1) is 9.26. The number of methoxy groups -OCH3 is 1. The highest BCUT2D eigenvalue weighted by atomic mass is 16.5. The smallest absolute Gasteiger partial charge is 0.249 e. The molecule has 68 valence electrons. The molecule has 1 aliphatic rings. The van der Waals surface area contributed by atoms with Crippen molar-refractivity contribution in [1.29, 1.82) is 0 Å². The molecule has 1 unspecified atom stereocenters. The lowest BCUT2D eigenvalue weighted by Gasteiger charge is -2.17. The highest BCUT2D eigenvalue weighted by Crippen LogP contribution is 2.28. The van der Waals surface area contributed by atoms with Crippen LogP contribution in [0.5, 0.6) is 0 Å². The molecule has 1 atom stereocenters. The molecule has 0 saturated heterocycles. The molecule has 1 rings (SSSR count). The second kappa shape index (κ2) is 2.90. The number of amides is 1. The quantitative estimate of drug-likeness (QED) is 0.637. The maximum Gasteiger partial charge on any atom is 0.249 e. The minimum absolute atomic E-state index is 0.0191. The van der Waals surface area contributed by atoms with Crippen LogP contribution in [-0.4, -0.2) is 19.2 Å².